The summed E-state index contributed by atoms with van der Waals surface area (Å²) >= 11 is 0. The van der Waals surface area contributed by atoms with Crippen molar-refractivity contribution in [1.29, 1.82) is 0 Å². The van der Waals surface area contributed by atoms with Crippen molar-refractivity contribution in [2.24, 2.45) is 0 Å². The van der Waals surface area contributed by atoms with E-state index in [-0.39, 0.29) is 0 Å². The molecule has 0 aromatic carbocycles. The van der Waals surface area contributed by atoms with Gasteiger partial charge in [-0.05, 0) is 21.1 Å². The van der Waals surface area contributed by atoms with E-state index in [0.717, 1.165) is 0 Å². The Morgan fingerprint density at radius 3 is 1.33 bits per heavy atom. The van der Waals surface area contributed by atoms with E-state index in [1.165, 1.54) is 0 Å². The van der Waals surface area contributed by atoms with Crippen LogP contribution in [0.3, 0.4) is 0 Å². The molecule has 1 N–H and O–H groups in total. The van der Waals surface area contributed by atoms with Crippen molar-refractivity contribution >= 4 is 20.0 Å². The molecule has 58 valence electrons. The van der Waals surface area contributed by atoms with Gasteiger partial charge in [0.15, 0.2) is 0 Å². The summed E-state index contributed by atoms with van der Waals surface area (Å²) in [6.45, 7) is 0. The second-order valence-corrected chi connectivity index (χ2v) is 3.75. The molecule has 0 aliphatic heterocycles. The molecule has 0 aliphatic carbocycles. The van der Waals surface area contributed by atoms with Gasteiger partial charge in [-0.3, -0.25) is 4.55 Å². The lowest BCUT2D eigenvalue weighted by Crippen LogP contribution is -1.99. The van der Waals surface area contributed by atoms with Gasteiger partial charge in [-0.1, -0.05) is 0 Å². The average molecular weight is 176 g/mol. The summed E-state index contributed by atoms with van der Waals surface area (Å²) in [5.74, 6) is 0. The minimum absolute atomic E-state index is 2.00. The molecular weight excluding hydrogens is 166 g/mol. The molecular formula is C3H10ClNO3S. The molecule has 4 nitrogen and oxygen atoms in total. The van der Waals surface area contributed by atoms with Crippen LogP contribution in [-0.4, -0.2) is 39.0 Å². The van der Waals surface area contributed by atoms with Crippen molar-refractivity contribution in [3.05, 3.63) is 0 Å². The zero-order valence-corrected chi connectivity index (χ0v) is 7.07. The largest absolute Gasteiger partial charge is 0.353 e. The molecule has 0 amide bonds. The van der Waals surface area contributed by atoms with E-state index in [2.05, 4.69) is 10.7 Å². The van der Waals surface area contributed by atoms with Gasteiger partial charge in [-0.25, -0.2) is 0 Å². The van der Waals surface area contributed by atoms with E-state index >= 15 is 0 Å². The minimum Gasteiger partial charge on any atom is -0.312 e. The predicted octanol–water partition coefficient (Wildman–Crippen LogP) is 0.206. The van der Waals surface area contributed by atoms with E-state index in [1.807, 2.05) is 26.0 Å². The Hall–Kier alpha value is 0.160. The van der Waals surface area contributed by atoms with Crippen LogP contribution in [-0.2, 0) is 9.33 Å². The first-order valence-electron chi connectivity index (χ1n) is 2.01. The fourth-order valence-electron chi connectivity index (χ4n) is 0. The summed E-state index contributed by atoms with van der Waals surface area (Å²) in [7, 11) is 5.86. The SMILES string of the molecule is CN(C)C.O=S(=O)(O)Cl. The van der Waals surface area contributed by atoms with Gasteiger partial charge >= 0.3 is 9.33 Å². The topological polar surface area (TPSA) is 57.6 Å². The maximum atomic E-state index is 8.95. The smallest absolute Gasteiger partial charge is 0.312 e. The third-order valence-corrected chi connectivity index (χ3v) is 0. The van der Waals surface area contributed by atoms with E-state index in [0.29, 0.717) is 0 Å². The summed E-state index contributed by atoms with van der Waals surface area (Å²) in [4.78, 5) is 2.00. The molecule has 0 bridgehead atoms. The van der Waals surface area contributed by atoms with E-state index < -0.39 is 9.33 Å². The third-order valence-electron chi connectivity index (χ3n) is 0. The van der Waals surface area contributed by atoms with Gasteiger partial charge in [0.2, 0.25) is 0 Å². The fourth-order valence-corrected chi connectivity index (χ4v) is 0. The van der Waals surface area contributed by atoms with Crippen molar-refractivity contribution in [3.8, 4) is 0 Å². The summed E-state index contributed by atoms with van der Waals surface area (Å²) in [5.41, 5.74) is 0. The lowest BCUT2D eigenvalue weighted by atomic mass is 11.0. The molecule has 0 aliphatic rings. The molecule has 0 radical (unpaired) electrons. The molecule has 0 aromatic heterocycles. The van der Waals surface area contributed by atoms with Crippen LogP contribution in [0.15, 0.2) is 0 Å². The van der Waals surface area contributed by atoms with Crippen molar-refractivity contribution in [2.45, 2.75) is 0 Å². The minimum atomic E-state index is -4.19. The number of rotatable bonds is 0. The highest BCUT2D eigenvalue weighted by atomic mass is 35.7. The van der Waals surface area contributed by atoms with E-state index in [1.54, 1.807) is 0 Å². The van der Waals surface area contributed by atoms with Crippen LogP contribution in [0.4, 0.5) is 0 Å². The van der Waals surface area contributed by atoms with E-state index in [4.69, 9.17) is 13.0 Å². The van der Waals surface area contributed by atoms with Crippen LogP contribution in [0.25, 0.3) is 0 Å². The Morgan fingerprint density at radius 2 is 1.33 bits per heavy atom. The average Bonchev–Trinajstić information content (AvgIpc) is 1.19. The number of nitrogens with zero attached hydrogens (tertiary/aromatic N) is 1. The van der Waals surface area contributed by atoms with Crippen molar-refractivity contribution in [1.82, 2.24) is 4.90 Å². The number of halogens is 1. The molecule has 0 saturated carbocycles. The third kappa shape index (κ3) is 12100. The Labute approximate surface area is 59.7 Å². The van der Waals surface area contributed by atoms with Gasteiger partial charge in [-0.2, -0.15) is 8.42 Å². The van der Waals surface area contributed by atoms with Gasteiger partial charge in [0.25, 0.3) is 0 Å². The second kappa shape index (κ2) is 4.99. The molecule has 0 spiro atoms. The summed E-state index contributed by atoms with van der Waals surface area (Å²) in [5, 5.41) is 0. The normalized spacial score (nSPS) is 10.4. The maximum absolute atomic E-state index is 8.95. The van der Waals surface area contributed by atoms with Crippen molar-refractivity contribution < 1.29 is 13.0 Å². The Balaban J connectivity index is 0. The molecule has 0 atom stereocenters. The summed E-state index contributed by atoms with van der Waals surface area (Å²) < 4.78 is 25.2. The van der Waals surface area contributed by atoms with Crippen molar-refractivity contribution in [2.75, 3.05) is 21.1 Å². The molecule has 0 fully saturated rings. The standard InChI is InChI=1S/C3H9N.ClHO3S/c1-4(2)3;1-5(2,3)4/h1-3H3;(H,2,3,4). The molecule has 6 heteroatoms. The fraction of sp³-hybridized carbons (Fsp3) is 1.00. The number of hydrogen-bond acceptors (Lipinski definition) is 3. The first-order valence-corrected chi connectivity index (χ1v) is 4.28. The highest BCUT2D eigenvalue weighted by Crippen LogP contribution is 1.82. The van der Waals surface area contributed by atoms with Gasteiger partial charge in [0.05, 0.1) is 0 Å². The second-order valence-electron chi connectivity index (χ2n) is 1.75. The molecule has 0 aromatic rings. The molecule has 0 saturated heterocycles. The van der Waals surface area contributed by atoms with E-state index in [9.17, 15) is 0 Å². The Bertz CT molecular complexity index is 130. The van der Waals surface area contributed by atoms with Crippen LogP contribution >= 0.6 is 10.7 Å². The van der Waals surface area contributed by atoms with Gasteiger partial charge in [0, 0.05) is 10.7 Å². The highest BCUT2D eigenvalue weighted by molar-refractivity contribution is 8.09. The van der Waals surface area contributed by atoms with Crippen LogP contribution in [0, 0.1) is 0 Å². The maximum Gasteiger partial charge on any atom is 0.353 e. The first kappa shape index (κ1) is 11.9. The lowest BCUT2D eigenvalue weighted by Gasteiger charge is -1.90. The van der Waals surface area contributed by atoms with Crippen LogP contribution in [0.2, 0.25) is 0 Å². The van der Waals surface area contributed by atoms with Crippen LogP contribution in [0.1, 0.15) is 0 Å². The quantitative estimate of drug-likeness (QED) is 0.422. The zero-order chi connectivity index (χ0) is 8.08. The Morgan fingerprint density at radius 1 is 1.33 bits per heavy atom. The summed E-state index contributed by atoms with van der Waals surface area (Å²) in [6.07, 6.45) is 0. The van der Waals surface area contributed by atoms with Gasteiger partial charge in [-0.15, -0.1) is 0 Å². The zero-order valence-electron chi connectivity index (χ0n) is 5.50. The predicted molar refractivity (Wildman–Crippen MR) is 37.0 cm³/mol. The van der Waals surface area contributed by atoms with Crippen molar-refractivity contribution in [3.63, 3.8) is 0 Å². The number of hydrogen-bond donors (Lipinski definition) is 1. The van der Waals surface area contributed by atoms with Gasteiger partial charge < -0.3 is 4.90 Å². The highest BCUT2D eigenvalue weighted by Gasteiger charge is 1.86. The molecule has 9 heavy (non-hydrogen) atoms. The Kier molecular flexibility index (Phi) is 6.59. The monoisotopic (exact) mass is 175 g/mol. The lowest BCUT2D eigenvalue weighted by molar-refractivity contribution is 0.501. The molecule has 0 unspecified atom stereocenters. The van der Waals surface area contributed by atoms with Crippen LogP contribution in [0.5, 0.6) is 0 Å². The molecule has 0 heterocycles. The van der Waals surface area contributed by atoms with Gasteiger partial charge in [0.1, 0.15) is 0 Å². The van der Waals surface area contributed by atoms with Crippen LogP contribution < -0.4 is 0 Å². The first-order chi connectivity index (χ1) is 3.73. The molecule has 0 rings (SSSR count). The summed E-state index contributed by atoms with van der Waals surface area (Å²) in [6, 6.07) is 0.